The highest BCUT2D eigenvalue weighted by atomic mass is 16.6. The normalized spacial score (nSPS) is 15.4. The Bertz CT molecular complexity index is 1330. The molecule has 1 fully saturated rings. The molecule has 37 heavy (non-hydrogen) atoms. The zero-order valence-electron chi connectivity index (χ0n) is 22.8. The smallest absolute Gasteiger partial charge is 0.340 e. The highest BCUT2D eigenvalue weighted by molar-refractivity contribution is 5.96. The van der Waals surface area contributed by atoms with Gasteiger partial charge >= 0.3 is 5.97 Å². The van der Waals surface area contributed by atoms with Crippen LogP contribution in [0.25, 0.3) is 10.9 Å². The number of nitrogens with one attached hydrogen (secondary N) is 1. The van der Waals surface area contributed by atoms with Gasteiger partial charge in [0.2, 0.25) is 5.95 Å². The van der Waals surface area contributed by atoms with Gasteiger partial charge in [0, 0.05) is 37.5 Å². The third-order valence-electron chi connectivity index (χ3n) is 6.42. The van der Waals surface area contributed by atoms with Gasteiger partial charge in [-0.25, -0.2) is 9.78 Å². The van der Waals surface area contributed by atoms with Gasteiger partial charge in [0.15, 0.2) is 0 Å². The molecular weight excluding hydrogens is 468 g/mol. The Morgan fingerprint density at radius 3 is 2.68 bits per heavy atom. The van der Waals surface area contributed by atoms with Crippen molar-refractivity contribution >= 4 is 28.5 Å². The van der Waals surface area contributed by atoms with Crippen LogP contribution in [0.3, 0.4) is 0 Å². The fourth-order valence-electron chi connectivity index (χ4n) is 4.72. The molecule has 0 amide bonds. The quantitative estimate of drug-likeness (QED) is 0.467. The summed E-state index contributed by atoms with van der Waals surface area (Å²) in [6.45, 7) is 14.9. The lowest BCUT2D eigenvalue weighted by atomic mass is 10.0. The molecule has 2 aromatic carbocycles. The van der Waals surface area contributed by atoms with Crippen molar-refractivity contribution in [3.05, 3.63) is 63.4 Å². The second-order valence-corrected chi connectivity index (χ2v) is 10.6. The fraction of sp³-hybridized carbons (Fsp3) is 0.483. The molecule has 0 spiro atoms. The van der Waals surface area contributed by atoms with Crippen LogP contribution in [0.4, 0.5) is 11.6 Å². The van der Waals surface area contributed by atoms with Gasteiger partial charge in [-0.3, -0.25) is 9.36 Å². The molecule has 1 aliphatic heterocycles. The lowest BCUT2D eigenvalue weighted by molar-refractivity contribution is 0.00706. The van der Waals surface area contributed by atoms with Gasteiger partial charge < -0.3 is 19.7 Å². The molecule has 1 aliphatic rings. The van der Waals surface area contributed by atoms with Gasteiger partial charge in [0.1, 0.15) is 5.60 Å². The number of hydrogen-bond acceptors (Lipinski definition) is 7. The summed E-state index contributed by atoms with van der Waals surface area (Å²) in [7, 11) is 0. The molecule has 1 N–H and O–H groups in total. The Labute approximate surface area is 218 Å². The largest absolute Gasteiger partial charge is 0.456 e. The monoisotopic (exact) mass is 506 g/mol. The molecule has 3 aromatic rings. The van der Waals surface area contributed by atoms with E-state index in [1.54, 1.807) is 10.6 Å². The minimum Gasteiger partial charge on any atom is -0.456 e. The second kappa shape index (κ2) is 10.9. The van der Waals surface area contributed by atoms with Crippen molar-refractivity contribution in [1.29, 1.82) is 0 Å². The summed E-state index contributed by atoms with van der Waals surface area (Å²) in [6.07, 6.45) is 0.887. The molecule has 0 bridgehead atoms. The minimum absolute atomic E-state index is 0.0426. The van der Waals surface area contributed by atoms with Crippen molar-refractivity contribution in [3.63, 3.8) is 0 Å². The van der Waals surface area contributed by atoms with E-state index in [1.807, 2.05) is 65.8 Å². The van der Waals surface area contributed by atoms with Crippen LogP contribution in [0.1, 0.15) is 68.6 Å². The lowest BCUT2D eigenvalue weighted by Crippen LogP contribution is -2.34. The standard InChI is InChI=1S/C29H38N4O4/c1-7-33-26(34)23-18-19(2)17-22(25(23)31-28(33)32-13-10-15-36-16-14-32)20(3)30-24-12-9-8-11-21(24)27(35)37-29(4,5)6/h8-9,11-12,17-18,20,30H,7,10,13-16H2,1-6H3. The second-order valence-electron chi connectivity index (χ2n) is 10.6. The van der Waals surface area contributed by atoms with E-state index < -0.39 is 5.60 Å². The minimum atomic E-state index is -0.597. The summed E-state index contributed by atoms with van der Waals surface area (Å²) < 4.78 is 13.0. The molecule has 8 heteroatoms. The summed E-state index contributed by atoms with van der Waals surface area (Å²) in [5.74, 6) is 0.295. The maximum absolute atomic E-state index is 13.7. The molecule has 198 valence electrons. The van der Waals surface area contributed by atoms with Gasteiger partial charge in [-0.2, -0.15) is 0 Å². The molecule has 1 unspecified atom stereocenters. The number of anilines is 2. The van der Waals surface area contributed by atoms with Gasteiger partial charge in [0.25, 0.3) is 5.56 Å². The van der Waals surface area contributed by atoms with Crippen molar-refractivity contribution in [1.82, 2.24) is 9.55 Å². The Balaban J connectivity index is 1.78. The zero-order chi connectivity index (χ0) is 26.7. The maximum atomic E-state index is 13.7. The van der Waals surface area contributed by atoms with Crippen molar-refractivity contribution in [2.75, 3.05) is 36.5 Å². The number of aromatic nitrogens is 2. The predicted molar refractivity (Wildman–Crippen MR) is 148 cm³/mol. The maximum Gasteiger partial charge on any atom is 0.340 e. The first-order valence-electron chi connectivity index (χ1n) is 13.1. The van der Waals surface area contributed by atoms with E-state index in [2.05, 4.69) is 16.3 Å². The van der Waals surface area contributed by atoms with E-state index in [4.69, 9.17) is 14.5 Å². The highest BCUT2D eigenvalue weighted by Gasteiger charge is 2.24. The Morgan fingerprint density at radius 1 is 1.19 bits per heavy atom. The van der Waals surface area contributed by atoms with Crippen LogP contribution < -0.4 is 15.8 Å². The summed E-state index contributed by atoms with van der Waals surface area (Å²) in [4.78, 5) is 33.8. The molecular formula is C29H38N4O4. The third kappa shape index (κ3) is 5.96. The van der Waals surface area contributed by atoms with Crippen molar-refractivity contribution in [2.24, 2.45) is 0 Å². The zero-order valence-corrected chi connectivity index (χ0v) is 22.8. The van der Waals surface area contributed by atoms with Gasteiger partial charge in [-0.05, 0) is 71.7 Å². The van der Waals surface area contributed by atoms with Crippen LogP contribution in [0.2, 0.25) is 0 Å². The van der Waals surface area contributed by atoms with Crippen LogP contribution in [-0.2, 0) is 16.0 Å². The van der Waals surface area contributed by atoms with Crippen LogP contribution in [-0.4, -0.2) is 47.4 Å². The lowest BCUT2D eigenvalue weighted by Gasteiger charge is -2.26. The van der Waals surface area contributed by atoms with E-state index >= 15 is 0 Å². The van der Waals surface area contributed by atoms with Gasteiger partial charge in [0.05, 0.1) is 29.1 Å². The number of carbonyl (C=O) groups excluding carboxylic acids is 1. The van der Waals surface area contributed by atoms with Crippen molar-refractivity contribution in [3.8, 4) is 0 Å². The molecule has 1 aromatic heterocycles. The summed E-state index contributed by atoms with van der Waals surface area (Å²) >= 11 is 0. The number of ether oxygens (including phenoxy) is 2. The number of esters is 1. The first-order chi connectivity index (χ1) is 17.6. The number of para-hydroxylation sites is 1. The van der Waals surface area contributed by atoms with Gasteiger partial charge in [-0.1, -0.05) is 18.2 Å². The number of hydrogen-bond donors (Lipinski definition) is 1. The average Bonchev–Trinajstić information content (AvgIpc) is 3.12. The Hall–Kier alpha value is -3.39. The Kier molecular flexibility index (Phi) is 7.87. The SMILES string of the molecule is CCn1c(N2CCCOCC2)nc2c(C(C)Nc3ccccc3C(=O)OC(C)(C)C)cc(C)cc2c1=O. The van der Waals surface area contributed by atoms with Crippen LogP contribution in [0.5, 0.6) is 0 Å². The highest BCUT2D eigenvalue weighted by Crippen LogP contribution is 2.30. The van der Waals surface area contributed by atoms with E-state index in [-0.39, 0.29) is 17.6 Å². The molecule has 1 saturated heterocycles. The predicted octanol–water partition coefficient (Wildman–Crippen LogP) is 5.08. The van der Waals surface area contributed by atoms with E-state index in [0.717, 1.165) is 24.1 Å². The number of carbonyl (C=O) groups is 1. The van der Waals surface area contributed by atoms with Crippen molar-refractivity contribution in [2.45, 2.75) is 66.2 Å². The third-order valence-corrected chi connectivity index (χ3v) is 6.42. The molecule has 0 aliphatic carbocycles. The molecule has 8 nitrogen and oxygen atoms in total. The summed E-state index contributed by atoms with van der Waals surface area (Å²) in [5.41, 5.74) is 3.06. The first-order valence-corrected chi connectivity index (χ1v) is 13.1. The number of fused-ring (bicyclic) bond motifs is 1. The number of rotatable bonds is 6. The topological polar surface area (TPSA) is 85.7 Å². The number of nitrogens with zero attached hydrogens (tertiary/aromatic N) is 3. The molecule has 2 heterocycles. The fourth-order valence-corrected chi connectivity index (χ4v) is 4.72. The Morgan fingerprint density at radius 2 is 1.95 bits per heavy atom. The van der Waals surface area contributed by atoms with Crippen LogP contribution in [0.15, 0.2) is 41.2 Å². The van der Waals surface area contributed by atoms with E-state index in [0.29, 0.717) is 54.4 Å². The molecule has 0 radical (unpaired) electrons. The summed E-state index contributed by atoms with van der Waals surface area (Å²) in [5, 5.41) is 4.08. The molecule has 1 atom stereocenters. The summed E-state index contributed by atoms with van der Waals surface area (Å²) in [6, 6.07) is 11.1. The van der Waals surface area contributed by atoms with E-state index in [9.17, 15) is 9.59 Å². The van der Waals surface area contributed by atoms with Gasteiger partial charge in [-0.15, -0.1) is 0 Å². The van der Waals surface area contributed by atoms with E-state index in [1.165, 1.54) is 0 Å². The molecule has 4 rings (SSSR count). The van der Waals surface area contributed by atoms with Crippen LogP contribution >= 0.6 is 0 Å². The molecule has 0 saturated carbocycles. The average molecular weight is 507 g/mol. The number of aryl methyl sites for hydroxylation is 1. The number of benzene rings is 2. The van der Waals surface area contributed by atoms with Crippen LogP contribution in [0, 0.1) is 6.92 Å². The first kappa shape index (κ1) is 26.7. The van der Waals surface area contributed by atoms with Crippen molar-refractivity contribution < 1.29 is 14.3 Å².